The van der Waals surface area contributed by atoms with Gasteiger partial charge >= 0.3 is 0 Å². The number of thiophene rings is 1. The zero-order valence-electron chi connectivity index (χ0n) is 11.0. The molecule has 102 valence electrons. The number of rotatable bonds is 6. The van der Waals surface area contributed by atoms with Gasteiger partial charge in [-0.05, 0) is 28.0 Å². The van der Waals surface area contributed by atoms with Crippen molar-refractivity contribution in [2.75, 3.05) is 0 Å². The van der Waals surface area contributed by atoms with E-state index in [0.717, 1.165) is 12.4 Å². The molecule has 0 aliphatic rings. The molecule has 0 spiro atoms. The van der Waals surface area contributed by atoms with Crippen molar-refractivity contribution < 1.29 is 4.52 Å². The van der Waals surface area contributed by atoms with Gasteiger partial charge in [0.05, 0.1) is 6.54 Å². The molecule has 0 saturated carbocycles. The Hall–Kier alpha value is -1.98. The number of nitrogens with one attached hydrogen (secondary N) is 1. The molecule has 2 heterocycles. The zero-order chi connectivity index (χ0) is 13.6. The van der Waals surface area contributed by atoms with Crippen molar-refractivity contribution in [3.8, 4) is 0 Å². The second kappa shape index (κ2) is 6.45. The molecule has 4 nitrogen and oxygen atoms in total. The molecule has 0 atom stereocenters. The molecule has 0 amide bonds. The molecule has 2 aromatic heterocycles. The molecule has 0 radical (unpaired) electrons. The Balaban J connectivity index is 1.52. The zero-order valence-corrected chi connectivity index (χ0v) is 11.8. The SMILES string of the molecule is c1ccc(Cc2noc(CNCc3ccsc3)n2)cc1. The first-order valence-electron chi connectivity index (χ1n) is 6.47. The van der Waals surface area contributed by atoms with Crippen molar-refractivity contribution in [3.63, 3.8) is 0 Å². The monoisotopic (exact) mass is 285 g/mol. The summed E-state index contributed by atoms with van der Waals surface area (Å²) in [7, 11) is 0. The summed E-state index contributed by atoms with van der Waals surface area (Å²) in [6.45, 7) is 1.41. The highest BCUT2D eigenvalue weighted by Crippen LogP contribution is 2.07. The van der Waals surface area contributed by atoms with Gasteiger partial charge in [0.25, 0.3) is 0 Å². The maximum absolute atomic E-state index is 5.24. The summed E-state index contributed by atoms with van der Waals surface area (Å²) in [5, 5.41) is 11.5. The molecule has 0 unspecified atom stereocenters. The smallest absolute Gasteiger partial charge is 0.240 e. The summed E-state index contributed by atoms with van der Waals surface area (Å²) >= 11 is 1.70. The highest BCUT2D eigenvalue weighted by molar-refractivity contribution is 7.07. The van der Waals surface area contributed by atoms with Gasteiger partial charge in [0, 0.05) is 13.0 Å². The van der Waals surface area contributed by atoms with Crippen molar-refractivity contribution in [2.24, 2.45) is 0 Å². The van der Waals surface area contributed by atoms with Crippen LogP contribution in [0.5, 0.6) is 0 Å². The van der Waals surface area contributed by atoms with E-state index in [2.05, 4.69) is 44.4 Å². The van der Waals surface area contributed by atoms with E-state index in [1.807, 2.05) is 18.2 Å². The number of hydrogen-bond donors (Lipinski definition) is 1. The first kappa shape index (κ1) is 13.0. The third kappa shape index (κ3) is 3.53. The first-order valence-corrected chi connectivity index (χ1v) is 7.41. The van der Waals surface area contributed by atoms with E-state index in [1.165, 1.54) is 11.1 Å². The maximum atomic E-state index is 5.24. The van der Waals surface area contributed by atoms with Gasteiger partial charge in [-0.3, -0.25) is 0 Å². The van der Waals surface area contributed by atoms with Crippen LogP contribution < -0.4 is 5.32 Å². The van der Waals surface area contributed by atoms with Gasteiger partial charge in [0.1, 0.15) is 0 Å². The second-order valence-corrected chi connectivity index (χ2v) is 5.28. The van der Waals surface area contributed by atoms with Crippen LogP contribution in [0.15, 0.2) is 51.7 Å². The van der Waals surface area contributed by atoms with E-state index in [9.17, 15) is 0 Å². The van der Waals surface area contributed by atoms with Crippen molar-refractivity contribution in [1.29, 1.82) is 0 Å². The van der Waals surface area contributed by atoms with Crippen molar-refractivity contribution in [2.45, 2.75) is 19.5 Å². The molecule has 0 aliphatic heterocycles. The topological polar surface area (TPSA) is 51.0 Å². The fraction of sp³-hybridized carbons (Fsp3) is 0.200. The van der Waals surface area contributed by atoms with Crippen LogP contribution in [0.25, 0.3) is 0 Å². The fourth-order valence-corrected chi connectivity index (χ4v) is 2.59. The van der Waals surface area contributed by atoms with Gasteiger partial charge in [-0.25, -0.2) is 0 Å². The third-order valence-corrected chi connectivity index (χ3v) is 3.63. The highest BCUT2D eigenvalue weighted by atomic mass is 32.1. The average Bonchev–Trinajstić information content (AvgIpc) is 3.12. The molecule has 3 rings (SSSR count). The van der Waals surface area contributed by atoms with Crippen LogP contribution in [0, 0.1) is 0 Å². The van der Waals surface area contributed by atoms with Crippen LogP contribution in [-0.4, -0.2) is 10.1 Å². The largest absolute Gasteiger partial charge is 0.338 e. The predicted molar refractivity (Wildman–Crippen MR) is 78.4 cm³/mol. The first-order chi connectivity index (χ1) is 9.90. The minimum absolute atomic E-state index is 0.595. The average molecular weight is 285 g/mol. The summed E-state index contributed by atoms with van der Waals surface area (Å²) < 4.78 is 5.24. The van der Waals surface area contributed by atoms with Gasteiger partial charge in [0.2, 0.25) is 5.89 Å². The summed E-state index contributed by atoms with van der Waals surface area (Å²) in [6.07, 6.45) is 0.703. The minimum Gasteiger partial charge on any atom is -0.338 e. The number of benzene rings is 1. The number of nitrogens with zero attached hydrogens (tertiary/aromatic N) is 2. The minimum atomic E-state index is 0.595. The van der Waals surface area contributed by atoms with Crippen LogP contribution in [0.1, 0.15) is 22.8 Å². The van der Waals surface area contributed by atoms with Crippen molar-refractivity contribution >= 4 is 11.3 Å². The summed E-state index contributed by atoms with van der Waals surface area (Å²) in [5.74, 6) is 1.36. The van der Waals surface area contributed by atoms with Crippen LogP contribution >= 0.6 is 11.3 Å². The van der Waals surface area contributed by atoms with E-state index in [-0.39, 0.29) is 0 Å². The standard InChI is InChI=1S/C15H15N3OS/c1-2-4-12(5-3-1)8-14-17-15(19-18-14)10-16-9-13-6-7-20-11-13/h1-7,11,16H,8-10H2. The molecular weight excluding hydrogens is 270 g/mol. The molecule has 0 bridgehead atoms. The Morgan fingerprint density at radius 3 is 2.75 bits per heavy atom. The van der Waals surface area contributed by atoms with Crippen molar-refractivity contribution in [1.82, 2.24) is 15.5 Å². The normalized spacial score (nSPS) is 10.8. The van der Waals surface area contributed by atoms with E-state index in [0.29, 0.717) is 18.9 Å². The van der Waals surface area contributed by atoms with Gasteiger partial charge in [-0.15, -0.1) is 0 Å². The Morgan fingerprint density at radius 2 is 1.95 bits per heavy atom. The summed E-state index contributed by atoms with van der Waals surface area (Å²) in [5.41, 5.74) is 2.46. The summed E-state index contributed by atoms with van der Waals surface area (Å²) in [6, 6.07) is 12.2. The molecule has 1 aromatic carbocycles. The number of aromatic nitrogens is 2. The molecule has 0 saturated heterocycles. The van der Waals surface area contributed by atoms with Crippen LogP contribution in [0.3, 0.4) is 0 Å². The van der Waals surface area contributed by atoms with E-state index < -0.39 is 0 Å². The maximum Gasteiger partial charge on any atom is 0.240 e. The Labute approximate surface area is 121 Å². The molecule has 3 aromatic rings. The second-order valence-electron chi connectivity index (χ2n) is 4.50. The molecule has 0 aliphatic carbocycles. The number of hydrogen-bond acceptors (Lipinski definition) is 5. The van der Waals surface area contributed by atoms with E-state index >= 15 is 0 Å². The lowest BCUT2D eigenvalue weighted by molar-refractivity contribution is 0.363. The molecule has 1 N–H and O–H groups in total. The molecular formula is C15H15N3OS. The fourth-order valence-electron chi connectivity index (χ4n) is 1.92. The highest BCUT2D eigenvalue weighted by Gasteiger charge is 2.06. The van der Waals surface area contributed by atoms with Crippen LogP contribution in [0.2, 0.25) is 0 Å². The Kier molecular flexibility index (Phi) is 4.20. The Bertz CT molecular complexity index is 634. The lowest BCUT2D eigenvalue weighted by Gasteiger charge is -1.98. The van der Waals surface area contributed by atoms with Crippen LogP contribution in [0.4, 0.5) is 0 Å². The van der Waals surface area contributed by atoms with Gasteiger partial charge in [0.15, 0.2) is 5.82 Å². The van der Waals surface area contributed by atoms with E-state index in [4.69, 9.17) is 4.52 Å². The van der Waals surface area contributed by atoms with Gasteiger partial charge < -0.3 is 9.84 Å². The lowest BCUT2D eigenvalue weighted by atomic mass is 10.1. The van der Waals surface area contributed by atoms with E-state index in [1.54, 1.807) is 11.3 Å². The third-order valence-electron chi connectivity index (χ3n) is 2.90. The van der Waals surface area contributed by atoms with Crippen LogP contribution in [-0.2, 0) is 19.5 Å². The summed E-state index contributed by atoms with van der Waals surface area (Å²) in [4.78, 5) is 4.39. The molecule has 20 heavy (non-hydrogen) atoms. The Morgan fingerprint density at radius 1 is 1.05 bits per heavy atom. The van der Waals surface area contributed by atoms with Gasteiger partial charge in [-0.2, -0.15) is 16.3 Å². The molecule has 5 heteroatoms. The van der Waals surface area contributed by atoms with Crippen molar-refractivity contribution in [3.05, 3.63) is 70.0 Å². The molecule has 0 fully saturated rings. The predicted octanol–water partition coefficient (Wildman–Crippen LogP) is 3.01. The lowest BCUT2D eigenvalue weighted by Crippen LogP contribution is -2.12. The van der Waals surface area contributed by atoms with Gasteiger partial charge in [-0.1, -0.05) is 35.5 Å². The quantitative estimate of drug-likeness (QED) is 0.756.